The molecule has 1 aromatic heterocycles. The third-order valence-corrected chi connectivity index (χ3v) is 2.34. The van der Waals surface area contributed by atoms with Gasteiger partial charge in [-0.05, 0) is 37.5 Å². The van der Waals surface area contributed by atoms with Crippen molar-refractivity contribution in [1.29, 1.82) is 0 Å². The Morgan fingerprint density at radius 1 is 1.31 bits per heavy atom. The van der Waals surface area contributed by atoms with Crippen molar-refractivity contribution in [2.75, 3.05) is 0 Å². The lowest BCUT2D eigenvalue weighted by Gasteiger charge is -2.02. The van der Waals surface area contributed by atoms with Crippen LogP contribution in [-0.2, 0) is 6.42 Å². The van der Waals surface area contributed by atoms with Crippen molar-refractivity contribution >= 4 is 5.57 Å². The Morgan fingerprint density at radius 2 is 2.06 bits per heavy atom. The summed E-state index contributed by atoms with van der Waals surface area (Å²) >= 11 is 0. The van der Waals surface area contributed by atoms with E-state index in [4.69, 9.17) is 0 Å². The molecule has 0 atom stereocenters. The summed E-state index contributed by atoms with van der Waals surface area (Å²) < 4.78 is 0. The Bertz CT molecular complexity index is 404. The molecule has 0 N–H and O–H groups in total. The van der Waals surface area contributed by atoms with Crippen molar-refractivity contribution < 1.29 is 0 Å². The molecule has 1 rings (SSSR count). The van der Waals surface area contributed by atoms with Gasteiger partial charge in [-0.15, -0.1) is 0 Å². The standard InChI is InChI=1S/C15H19N/c1-5-13(8-7-12(3)4)14-9-10-15(6-2)16-11-14/h5,7-11H,1,6H2,2-4H3/b13-8+. The molecule has 0 saturated carbocycles. The Morgan fingerprint density at radius 3 is 2.50 bits per heavy atom. The zero-order chi connectivity index (χ0) is 12.0. The lowest BCUT2D eigenvalue weighted by molar-refractivity contribution is 1.03. The Hall–Kier alpha value is -1.63. The SMILES string of the molecule is C=C/C(=C\C=C(C)C)c1ccc(CC)nc1. The number of pyridine rings is 1. The molecule has 0 saturated heterocycles. The van der Waals surface area contributed by atoms with Crippen LogP contribution in [0.25, 0.3) is 5.57 Å². The van der Waals surface area contributed by atoms with Crippen LogP contribution in [0.15, 0.2) is 48.7 Å². The highest BCUT2D eigenvalue weighted by atomic mass is 14.7. The van der Waals surface area contributed by atoms with Crippen molar-refractivity contribution in [3.05, 3.63) is 60.0 Å². The summed E-state index contributed by atoms with van der Waals surface area (Å²) in [4.78, 5) is 4.38. The van der Waals surface area contributed by atoms with Gasteiger partial charge in [0.1, 0.15) is 0 Å². The number of hydrogen-bond acceptors (Lipinski definition) is 1. The van der Waals surface area contributed by atoms with Crippen LogP contribution in [0.1, 0.15) is 32.0 Å². The van der Waals surface area contributed by atoms with Gasteiger partial charge >= 0.3 is 0 Å². The highest BCUT2D eigenvalue weighted by Crippen LogP contribution is 2.15. The zero-order valence-electron chi connectivity index (χ0n) is 10.3. The van der Waals surface area contributed by atoms with E-state index in [-0.39, 0.29) is 0 Å². The summed E-state index contributed by atoms with van der Waals surface area (Å²) in [5.41, 5.74) is 4.62. The van der Waals surface area contributed by atoms with Crippen molar-refractivity contribution in [1.82, 2.24) is 4.98 Å². The average Bonchev–Trinajstić information content (AvgIpc) is 2.30. The van der Waals surface area contributed by atoms with Crippen molar-refractivity contribution in [2.45, 2.75) is 27.2 Å². The Balaban J connectivity index is 3.00. The molecule has 0 aliphatic heterocycles. The van der Waals surface area contributed by atoms with Crippen LogP contribution < -0.4 is 0 Å². The summed E-state index contributed by atoms with van der Waals surface area (Å²) in [6.45, 7) is 10.1. The van der Waals surface area contributed by atoms with Crippen LogP contribution >= 0.6 is 0 Å². The molecule has 1 nitrogen and oxygen atoms in total. The van der Waals surface area contributed by atoms with Crippen molar-refractivity contribution in [2.24, 2.45) is 0 Å². The highest BCUT2D eigenvalue weighted by Gasteiger charge is 1.97. The third kappa shape index (κ3) is 3.50. The molecule has 0 amide bonds. The van der Waals surface area contributed by atoms with E-state index in [9.17, 15) is 0 Å². The monoisotopic (exact) mass is 213 g/mol. The molecule has 0 aliphatic carbocycles. The second kappa shape index (κ2) is 6.06. The first-order valence-electron chi connectivity index (χ1n) is 5.60. The van der Waals surface area contributed by atoms with E-state index in [1.807, 2.05) is 12.3 Å². The normalized spacial score (nSPS) is 11.1. The Labute approximate surface area is 98.2 Å². The number of hydrogen-bond donors (Lipinski definition) is 0. The van der Waals surface area contributed by atoms with Crippen LogP contribution in [-0.4, -0.2) is 4.98 Å². The first kappa shape index (κ1) is 12.4. The minimum absolute atomic E-state index is 0.974. The van der Waals surface area contributed by atoms with Crippen LogP contribution in [0.5, 0.6) is 0 Å². The second-order valence-corrected chi connectivity index (χ2v) is 3.96. The molecule has 0 aromatic carbocycles. The van der Waals surface area contributed by atoms with Crippen LogP contribution in [0, 0.1) is 0 Å². The van der Waals surface area contributed by atoms with E-state index >= 15 is 0 Å². The number of rotatable bonds is 4. The molecule has 16 heavy (non-hydrogen) atoms. The largest absolute Gasteiger partial charge is 0.261 e. The number of nitrogens with zero attached hydrogens (tertiary/aromatic N) is 1. The molecular formula is C15H19N. The van der Waals surface area contributed by atoms with Gasteiger partial charge in [0.15, 0.2) is 0 Å². The minimum Gasteiger partial charge on any atom is -0.261 e. The maximum atomic E-state index is 4.38. The molecule has 0 fully saturated rings. The first-order valence-corrected chi connectivity index (χ1v) is 5.60. The van der Waals surface area contributed by atoms with Gasteiger partial charge in [0.2, 0.25) is 0 Å². The lowest BCUT2D eigenvalue weighted by atomic mass is 10.1. The molecule has 0 spiro atoms. The van der Waals surface area contributed by atoms with E-state index in [1.165, 1.54) is 5.57 Å². The average molecular weight is 213 g/mol. The van der Waals surface area contributed by atoms with Gasteiger partial charge in [-0.25, -0.2) is 0 Å². The molecule has 1 heterocycles. The maximum absolute atomic E-state index is 4.38. The highest BCUT2D eigenvalue weighted by molar-refractivity contribution is 5.74. The summed E-state index contributed by atoms with van der Waals surface area (Å²) in [5, 5.41) is 0. The summed E-state index contributed by atoms with van der Waals surface area (Å²) in [5.74, 6) is 0. The summed E-state index contributed by atoms with van der Waals surface area (Å²) in [6.07, 6.45) is 8.91. The quantitative estimate of drug-likeness (QED) is 0.684. The maximum Gasteiger partial charge on any atom is 0.0401 e. The van der Waals surface area contributed by atoms with Gasteiger partial charge in [-0.1, -0.05) is 43.4 Å². The molecule has 1 heteroatoms. The summed E-state index contributed by atoms with van der Waals surface area (Å²) in [6, 6.07) is 4.16. The van der Waals surface area contributed by atoms with Gasteiger partial charge in [-0.3, -0.25) is 4.98 Å². The van der Waals surface area contributed by atoms with Gasteiger partial charge in [0.05, 0.1) is 0 Å². The van der Waals surface area contributed by atoms with Gasteiger partial charge in [-0.2, -0.15) is 0 Å². The van der Waals surface area contributed by atoms with Gasteiger partial charge in [0, 0.05) is 11.9 Å². The topological polar surface area (TPSA) is 12.9 Å². The van der Waals surface area contributed by atoms with Crippen LogP contribution in [0.2, 0.25) is 0 Å². The molecule has 0 aliphatic rings. The molecule has 1 aromatic rings. The summed E-state index contributed by atoms with van der Waals surface area (Å²) in [7, 11) is 0. The third-order valence-electron chi connectivity index (χ3n) is 2.34. The smallest absolute Gasteiger partial charge is 0.0401 e. The lowest BCUT2D eigenvalue weighted by Crippen LogP contribution is -1.88. The molecule has 0 unspecified atom stereocenters. The van der Waals surface area contributed by atoms with E-state index < -0.39 is 0 Å². The number of aryl methyl sites for hydroxylation is 1. The van der Waals surface area contributed by atoms with Crippen molar-refractivity contribution in [3.8, 4) is 0 Å². The van der Waals surface area contributed by atoms with Gasteiger partial charge in [0.25, 0.3) is 0 Å². The van der Waals surface area contributed by atoms with E-state index in [0.717, 1.165) is 23.3 Å². The molecular weight excluding hydrogens is 194 g/mol. The fourth-order valence-corrected chi connectivity index (χ4v) is 1.34. The Kier molecular flexibility index (Phi) is 4.71. The first-order chi connectivity index (χ1) is 7.67. The number of aromatic nitrogens is 1. The minimum atomic E-state index is 0.974. The fourth-order valence-electron chi connectivity index (χ4n) is 1.34. The van der Waals surface area contributed by atoms with Crippen LogP contribution in [0.4, 0.5) is 0 Å². The van der Waals surface area contributed by atoms with Gasteiger partial charge < -0.3 is 0 Å². The molecule has 0 radical (unpaired) electrons. The van der Waals surface area contributed by atoms with E-state index in [2.05, 4.69) is 56.6 Å². The number of allylic oxidation sites excluding steroid dienone is 5. The molecule has 84 valence electrons. The second-order valence-electron chi connectivity index (χ2n) is 3.96. The zero-order valence-corrected chi connectivity index (χ0v) is 10.3. The predicted octanol–water partition coefficient (Wildman–Crippen LogP) is 4.18. The predicted molar refractivity (Wildman–Crippen MR) is 71.2 cm³/mol. The van der Waals surface area contributed by atoms with Crippen LogP contribution in [0.3, 0.4) is 0 Å². The fraction of sp³-hybridized carbons (Fsp3) is 0.267. The molecule has 0 bridgehead atoms. The van der Waals surface area contributed by atoms with E-state index in [0.29, 0.717) is 0 Å². The van der Waals surface area contributed by atoms with Crippen molar-refractivity contribution in [3.63, 3.8) is 0 Å². The van der Waals surface area contributed by atoms with E-state index in [1.54, 1.807) is 0 Å².